The number of allylic oxidation sites excluding steroid dienone is 3. The minimum absolute atomic E-state index is 0.0441. The molecular formula is C22H20N2O4. The Labute approximate surface area is 163 Å². The van der Waals surface area contributed by atoms with E-state index >= 15 is 0 Å². The number of nitrogens with zero attached hydrogens (tertiary/aromatic N) is 1. The van der Waals surface area contributed by atoms with E-state index in [0.717, 1.165) is 5.56 Å². The van der Waals surface area contributed by atoms with Crippen LogP contribution in [0, 0.1) is 11.3 Å². The van der Waals surface area contributed by atoms with Crippen molar-refractivity contribution in [1.82, 2.24) is 0 Å². The maximum Gasteiger partial charge on any atom is 0.213 e. The van der Waals surface area contributed by atoms with Gasteiger partial charge in [-0.2, -0.15) is 5.26 Å². The van der Waals surface area contributed by atoms with Crippen LogP contribution in [0.15, 0.2) is 77.6 Å². The minimum Gasteiger partial charge on any atom is -0.490 e. The zero-order chi connectivity index (χ0) is 20.1. The van der Waals surface area contributed by atoms with Crippen LogP contribution in [0.5, 0.6) is 5.75 Å². The number of methoxy groups -OCH3 is 1. The van der Waals surface area contributed by atoms with Gasteiger partial charge in [0.25, 0.3) is 0 Å². The molecular weight excluding hydrogens is 356 g/mol. The van der Waals surface area contributed by atoms with E-state index in [1.807, 2.05) is 36.4 Å². The highest BCUT2D eigenvalue weighted by atomic mass is 16.5. The van der Waals surface area contributed by atoms with E-state index in [4.69, 9.17) is 19.9 Å². The molecule has 0 fully saturated rings. The van der Waals surface area contributed by atoms with E-state index in [1.165, 1.54) is 7.11 Å². The lowest BCUT2D eigenvalue weighted by Gasteiger charge is -2.15. The molecule has 6 nitrogen and oxygen atoms in total. The second-order valence-electron chi connectivity index (χ2n) is 6.22. The molecule has 2 aromatic rings. The summed E-state index contributed by atoms with van der Waals surface area (Å²) >= 11 is 0. The van der Waals surface area contributed by atoms with Gasteiger partial charge in [-0.1, -0.05) is 42.5 Å². The molecule has 1 aliphatic rings. The summed E-state index contributed by atoms with van der Waals surface area (Å²) in [7, 11) is 1.38. The van der Waals surface area contributed by atoms with Gasteiger partial charge < -0.3 is 19.9 Å². The van der Waals surface area contributed by atoms with Crippen LogP contribution in [0.4, 0.5) is 0 Å². The summed E-state index contributed by atoms with van der Waals surface area (Å²) in [6.07, 6.45) is 0. The van der Waals surface area contributed by atoms with E-state index in [-0.39, 0.29) is 28.8 Å². The van der Waals surface area contributed by atoms with E-state index in [2.05, 4.69) is 0 Å². The van der Waals surface area contributed by atoms with Crippen molar-refractivity contribution < 1.29 is 19.0 Å². The molecule has 0 bridgehead atoms. The number of ketones is 1. The molecule has 28 heavy (non-hydrogen) atoms. The number of nitrogens with two attached hydrogens (primary N) is 1. The average molecular weight is 376 g/mol. The third-order valence-corrected chi connectivity index (χ3v) is 4.41. The van der Waals surface area contributed by atoms with Crippen molar-refractivity contribution in [3.63, 3.8) is 0 Å². The van der Waals surface area contributed by atoms with Crippen LogP contribution in [0.3, 0.4) is 0 Å². The fourth-order valence-corrected chi connectivity index (χ4v) is 3.02. The highest BCUT2D eigenvalue weighted by Gasteiger charge is 2.35. The van der Waals surface area contributed by atoms with Crippen molar-refractivity contribution in [3.8, 4) is 11.8 Å². The number of nitriles is 1. The second-order valence-corrected chi connectivity index (χ2v) is 6.22. The lowest BCUT2D eigenvalue weighted by molar-refractivity contribution is -0.119. The summed E-state index contributed by atoms with van der Waals surface area (Å²) in [5.74, 6) is -0.463. The van der Waals surface area contributed by atoms with Crippen LogP contribution in [0.2, 0.25) is 0 Å². The molecule has 0 saturated heterocycles. The quantitative estimate of drug-likeness (QED) is 0.858. The second kappa shape index (κ2) is 8.31. The van der Waals surface area contributed by atoms with Gasteiger partial charge in [-0.15, -0.1) is 0 Å². The molecule has 0 radical (unpaired) electrons. The first-order valence-corrected chi connectivity index (χ1v) is 8.68. The molecule has 2 aromatic carbocycles. The van der Waals surface area contributed by atoms with Crippen molar-refractivity contribution in [2.45, 2.75) is 19.4 Å². The molecule has 1 unspecified atom stereocenters. The van der Waals surface area contributed by atoms with Gasteiger partial charge in [-0.05, 0) is 30.2 Å². The van der Waals surface area contributed by atoms with E-state index in [0.29, 0.717) is 17.9 Å². The Morgan fingerprint density at radius 1 is 1.14 bits per heavy atom. The Bertz CT molecular complexity index is 970. The fourth-order valence-electron chi connectivity index (χ4n) is 3.02. The Kier molecular flexibility index (Phi) is 5.66. The van der Waals surface area contributed by atoms with Gasteiger partial charge in [0.05, 0.1) is 13.0 Å². The van der Waals surface area contributed by atoms with Crippen LogP contribution in [-0.2, 0) is 20.9 Å². The smallest absolute Gasteiger partial charge is 0.213 e. The SMILES string of the molecule is COC1=C(C)OC(N)=C(C#N)C(c2ccc(OCc3ccccc3)cc2)C1=O. The maximum absolute atomic E-state index is 13.0. The number of Topliss-reactive ketones (excluding diaryl/α,β-unsaturated/α-hetero) is 1. The van der Waals surface area contributed by atoms with Crippen LogP contribution in [0.1, 0.15) is 24.0 Å². The highest BCUT2D eigenvalue weighted by molar-refractivity contribution is 6.02. The topological polar surface area (TPSA) is 94.6 Å². The first-order chi connectivity index (χ1) is 13.5. The third kappa shape index (κ3) is 3.84. The normalized spacial score (nSPS) is 16.9. The molecule has 1 atom stereocenters. The van der Waals surface area contributed by atoms with Gasteiger partial charge in [0, 0.05) is 0 Å². The number of carbonyl (C=O) groups excluding carboxylic acids is 1. The molecule has 2 N–H and O–H groups in total. The number of ether oxygens (including phenoxy) is 3. The largest absolute Gasteiger partial charge is 0.490 e. The predicted octanol–water partition coefficient (Wildman–Crippen LogP) is 3.52. The molecule has 0 spiro atoms. The van der Waals surface area contributed by atoms with Gasteiger partial charge in [-0.25, -0.2) is 0 Å². The van der Waals surface area contributed by atoms with E-state index < -0.39 is 5.92 Å². The van der Waals surface area contributed by atoms with Crippen LogP contribution < -0.4 is 10.5 Å². The zero-order valence-electron chi connectivity index (χ0n) is 15.6. The van der Waals surface area contributed by atoms with Gasteiger partial charge in [0.1, 0.15) is 29.8 Å². The average Bonchev–Trinajstić information content (AvgIpc) is 2.80. The molecule has 0 saturated carbocycles. The first kappa shape index (κ1) is 19.1. The van der Waals surface area contributed by atoms with Crippen molar-refractivity contribution in [2.75, 3.05) is 7.11 Å². The fraction of sp³-hybridized carbons (Fsp3) is 0.182. The minimum atomic E-state index is -0.902. The number of carbonyl (C=O) groups is 1. The van der Waals surface area contributed by atoms with Crippen LogP contribution >= 0.6 is 0 Å². The number of hydrogen-bond acceptors (Lipinski definition) is 6. The van der Waals surface area contributed by atoms with E-state index in [9.17, 15) is 10.1 Å². The molecule has 0 amide bonds. The highest BCUT2D eigenvalue weighted by Crippen LogP contribution is 2.34. The number of hydrogen-bond donors (Lipinski definition) is 1. The van der Waals surface area contributed by atoms with Crippen molar-refractivity contribution in [2.24, 2.45) is 5.73 Å². The summed E-state index contributed by atoms with van der Waals surface area (Å²) in [4.78, 5) is 13.0. The Hall–Kier alpha value is -3.72. The Morgan fingerprint density at radius 2 is 1.82 bits per heavy atom. The Morgan fingerprint density at radius 3 is 2.43 bits per heavy atom. The summed E-state index contributed by atoms with van der Waals surface area (Å²) < 4.78 is 16.4. The number of rotatable bonds is 5. The summed E-state index contributed by atoms with van der Waals surface area (Å²) in [5.41, 5.74) is 7.60. The standard InChI is InChI=1S/C22H20N2O4/c1-14-21(26-2)20(25)19(18(12-23)22(24)28-14)16-8-10-17(11-9-16)27-13-15-6-4-3-5-7-15/h3-11,19H,13,24H2,1-2H3. The van der Waals surface area contributed by atoms with Gasteiger partial charge >= 0.3 is 0 Å². The predicted molar refractivity (Wildman–Crippen MR) is 103 cm³/mol. The van der Waals surface area contributed by atoms with Gasteiger partial charge in [0.15, 0.2) is 0 Å². The molecule has 0 aliphatic carbocycles. The summed E-state index contributed by atoms with van der Waals surface area (Å²) in [6.45, 7) is 2.00. The molecule has 3 rings (SSSR count). The maximum atomic E-state index is 13.0. The van der Waals surface area contributed by atoms with Crippen LogP contribution in [-0.4, -0.2) is 12.9 Å². The molecule has 142 valence electrons. The van der Waals surface area contributed by atoms with E-state index in [1.54, 1.807) is 31.2 Å². The monoisotopic (exact) mass is 376 g/mol. The first-order valence-electron chi connectivity index (χ1n) is 8.68. The zero-order valence-corrected chi connectivity index (χ0v) is 15.6. The lowest BCUT2D eigenvalue weighted by atomic mass is 9.87. The van der Waals surface area contributed by atoms with Gasteiger partial charge in [-0.3, -0.25) is 4.79 Å². The summed E-state index contributed by atoms with van der Waals surface area (Å²) in [5, 5.41) is 9.54. The molecule has 6 heteroatoms. The molecule has 1 heterocycles. The molecule has 1 aliphatic heterocycles. The number of benzene rings is 2. The molecule has 0 aromatic heterocycles. The third-order valence-electron chi connectivity index (χ3n) is 4.41. The van der Waals surface area contributed by atoms with Crippen molar-refractivity contribution in [1.29, 1.82) is 5.26 Å². The van der Waals surface area contributed by atoms with Crippen molar-refractivity contribution >= 4 is 5.78 Å². The lowest BCUT2D eigenvalue weighted by Crippen LogP contribution is -2.18. The van der Waals surface area contributed by atoms with Gasteiger partial charge in [0.2, 0.25) is 17.4 Å². The summed E-state index contributed by atoms with van der Waals surface area (Å²) in [6, 6.07) is 18.8. The van der Waals surface area contributed by atoms with Crippen LogP contribution in [0.25, 0.3) is 0 Å². The Balaban J connectivity index is 1.87. The van der Waals surface area contributed by atoms with Crippen molar-refractivity contribution in [3.05, 3.63) is 88.7 Å².